The minimum Gasteiger partial charge on any atom is -0.488 e. The molecule has 15 heavy (non-hydrogen) atoms. The van der Waals surface area contributed by atoms with Gasteiger partial charge in [-0.15, -0.1) is 0 Å². The average molecular weight is 227 g/mol. The molecule has 0 N–H and O–H groups in total. The van der Waals surface area contributed by atoms with E-state index in [0.29, 0.717) is 0 Å². The summed E-state index contributed by atoms with van der Waals surface area (Å²) >= 11 is 4.33. The van der Waals surface area contributed by atoms with Crippen molar-refractivity contribution in [1.82, 2.24) is 4.90 Å². The van der Waals surface area contributed by atoms with E-state index in [1.165, 1.54) is 12.1 Å². The van der Waals surface area contributed by atoms with Crippen LogP contribution in [0.1, 0.15) is 6.92 Å². The molecule has 4 heteroatoms. The van der Waals surface area contributed by atoms with Crippen LogP contribution in [0.25, 0.3) is 0 Å². The van der Waals surface area contributed by atoms with E-state index in [9.17, 15) is 4.39 Å². The number of likely N-dealkylation sites (tertiary alicyclic amines) is 1. The molecule has 1 atom stereocenters. The summed E-state index contributed by atoms with van der Waals surface area (Å²) < 4.78 is 18.3. The van der Waals surface area contributed by atoms with Crippen molar-refractivity contribution in [2.24, 2.45) is 0 Å². The van der Waals surface area contributed by atoms with Gasteiger partial charge in [0.05, 0.1) is 5.37 Å². The van der Waals surface area contributed by atoms with E-state index in [4.69, 9.17) is 4.74 Å². The Morgan fingerprint density at radius 3 is 2.53 bits per heavy atom. The van der Waals surface area contributed by atoms with Crippen molar-refractivity contribution in [3.63, 3.8) is 0 Å². The molecule has 0 amide bonds. The van der Waals surface area contributed by atoms with Crippen molar-refractivity contribution < 1.29 is 9.13 Å². The Kier molecular flexibility index (Phi) is 3.17. The van der Waals surface area contributed by atoms with Crippen molar-refractivity contribution in [3.8, 4) is 5.75 Å². The molecule has 82 valence electrons. The van der Waals surface area contributed by atoms with Gasteiger partial charge in [-0.3, -0.25) is 4.90 Å². The Morgan fingerprint density at radius 2 is 2.00 bits per heavy atom. The quantitative estimate of drug-likeness (QED) is 0.794. The van der Waals surface area contributed by atoms with Crippen LogP contribution in [0.15, 0.2) is 24.3 Å². The fourth-order valence-corrected chi connectivity index (χ4v) is 1.74. The van der Waals surface area contributed by atoms with Gasteiger partial charge in [0, 0.05) is 13.1 Å². The van der Waals surface area contributed by atoms with Crippen LogP contribution in [0.5, 0.6) is 5.75 Å². The molecule has 1 fully saturated rings. The van der Waals surface area contributed by atoms with Crippen molar-refractivity contribution in [1.29, 1.82) is 0 Å². The lowest BCUT2D eigenvalue weighted by Crippen LogP contribution is -2.55. The highest BCUT2D eigenvalue weighted by atomic mass is 32.1. The number of ether oxygens (including phenoxy) is 1. The van der Waals surface area contributed by atoms with Crippen molar-refractivity contribution in [2.45, 2.75) is 18.4 Å². The predicted molar refractivity (Wildman–Crippen MR) is 60.8 cm³/mol. The molecule has 1 aliphatic rings. The number of benzene rings is 1. The van der Waals surface area contributed by atoms with Crippen LogP contribution in [0.2, 0.25) is 0 Å². The summed E-state index contributed by atoms with van der Waals surface area (Å²) in [6.07, 6.45) is 0.213. The molecular formula is C11H14FNOS. The average Bonchev–Trinajstić information content (AvgIpc) is 2.13. The maximum absolute atomic E-state index is 12.6. The van der Waals surface area contributed by atoms with Gasteiger partial charge < -0.3 is 4.74 Å². The molecule has 0 saturated carbocycles. The SMILES string of the molecule is CC(S)N1CC(Oc2ccc(F)cc2)C1. The summed E-state index contributed by atoms with van der Waals surface area (Å²) in [5.74, 6) is 0.495. The minimum absolute atomic E-state index is 0.213. The fraction of sp³-hybridized carbons (Fsp3) is 0.455. The van der Waals surface area contributed by atoms with Crippen molar-refractivity contribution >= 4 is 12.6 Å². The van der Waals surface area contributed by atoms with E-state index in [-0.39, 0.29) is 17.3 Å². The number of halogens is 1. The number of hydrogen-bond donors (Lipinski definition) is 1. The monoisotopic (exact) mass is 227 g/mol. The van der Waals surface area contributed by atoms with E-state index in [1.807, 2.05) is 6.92 Å². The van der Waals surface area contributed by atoms with E-state index >= 15 is 0 Å². The first-order valence-corrected chi connectivity index (χ1v) is 5.51. The highest BCUT2D eigenvalue weighted by molar-refractivity contribution is 7.80. The summed E-state index contributed by atoms with van der Waals surface area (Å²) in [5.41, 5.74) is 0. The standard InChI is InChI=1S/C11H14FNOS/c1-8(15)13-6-11(7-13)14-10-4-2-9(12)3-5-10/h2-5,8,11,15H,6-7H2,1H3. The van der Waals surface area contributed by atoms with E-state index in [1.54, 1.807) is 12.1 Å². The Morgan fingerprint density at radius 1 is 1.40 bits per heavy atom. The molecule has 1 unspecified atom stereocenters. The van der Waals surface area contributed by atoms with E-state index in [2.05, 4.69) is 17.5 Å². The predicted octanol–water partition coefficient (Wildman–Crippen LogP) is 2.16. The lowest BCUT2D eigenvalue weighted by atomic mass is 10.1. The summed E-state index contributed by atoms with van der Waals surface area (Å²) in [4.78, 5) is 2.21. The molecule has 1 aliphatic heterocycles. The van der Waals surface area contributed by atoms with E-state index < -0.39 is 0 Å². The minimum atomic E-state index is -0.235. The summed E-state index contributed by atoms with van der Waals surface area (Å²) in [5, 5.41) is 0.276. The third kappa shape index (κ3) is 2.63. The van der Waals surface area contributed by atoms with Gasteiger partial charge in [-0.25, -0.2) is 4.39 Å². The molecular weight excluding hydrogens is 213 g/mol. The molecule has 0 aromatic heterocycles. The number of hydrogen-bond acceptors (Lipinski definition) is 3. The number of nitrogens with zero attached hydrogens (tertiary/aromatic N) is 1. The Hall–Kier alpha value is -0.740. The second-order valence-electron chi connectivity index (χ2n) is 3.78. The lowest BCUT2D eigenvalue weighted by molar-refractivity contribution is 0.0164. The topological polar surface area (TPSA) is 12.5 Å². The third-order valence-electron chi connectivity index (χ3n) is 2.52. The van der Waals surface area contributed by atoms with Crippen LogP contribution in [0.3, 0.4) is 0 Å². The molecule has 0 bridgehead atoms. The normalized spacial score (nSPS) is 19.7. The molecule has 2 nitrogen and oxygen atoms in total. The zero-order valence-electron chi connectivity index (χ0n) is 8.56. The van der Waals surface area contributed by atoms with Gasteiger partial charge in [0.2, 0.25) is 0 Å². The van der Waals surface area contributed by atoms with E-state index in [0.717, 1.165) is 18.8 Å². The highest BCUT2D eigenvalue weighted by Gasteiger charge is 2.30. The molecule has 2 rings (SSSR count). The maximum Gasteiger partial charge on any atom is 0.124 e. The first-order chi connectivity index (χ1) is 7.15. The Labute approximate surface area is 94.4 Å². The first-order valence-electron chi connectivity index (χ1n) is 4.99. The van der Waals surface area contributed by atoms with Crippen LogP contribution in [0, 0.1) is 5.82 Å². The fourth-order valence-electron chi connectivity index (χ4n) is 1.55. The molecule has 0 aliphatic carbocycles. The summed E-state index contributed by atoms with van der Waals surface area (Å²) in [7, 11) is 0. The van der Waals surface area contributed by atoms with Gasteiger partial charge in [0.15, 0.2) is 0 Å². The van der Waals surface area contributed by atoms with Crippen LogP contribution in [-0.4, -0.2) is 29.5 Å². The molecule has 1 aromatic carbocycles. The van der Waals surface area contributed by atoms with Gasteiger partial charge in [-0.05, 0) is 31.2 Å². The van der Waals surface area contributed by atoms with Crippen LogP contribution < -0.4 is 4.74 Å². The van der Waals surface area contributed by atoms with Gasteiger partial charge in [0.1, 0.15) is 17.7 Å². The smallest absolute Gasteiger partial charge is 0.124 e. The second kappa shape index (κ2) is 4.41. The molecule has 1 aromatic rings. The molecule has 1 saturated heterocycles. The molecule has 1 heterocycles. The van der Waals surface area contributed by atoms with Gasteiger partial charge in [-0.2, -0.15) is 12.6 Å². The van der Waals surface area contributed by atoms with Gasteiger partial charge in [-0.1, -0.05) is 0 Å². The Balaban J connectivity index is 1.82. The van der Waals surface area contributed by atoms with Gasteiger partial charge >= 0.3 is 0 Å². The number of thiol groups is 1. The van der Waals surface area contributed by atoms with Crippen molar-refractivity contribution in [2.75, 3.05) is 13.1 Å². The van der Waals surface area contributed by atoms with Crippen LogP contribution >= 0.6 is 12.6 Å². The zero-order valence-corrected chi connectivity index (χ0v) is 9.45. The third-order valence-corrected chi connectivity index (χ3v) is 2.85. The highest BCUT2D eigenvalue weighted by Crippen LogP contribution is 2.20. The van der Waals surface area contributed by atoms with Gasteiger partial charge in [0.25, 0.3) is 0 Å². The maximum atomic E-state index is 12.6. The second-order valence-corrected chi connectivity index (χ2v) is 4.53. The summed E-state index contributed by atoms with van der Waals surface area (Å²) in [6.45, 7) is 3.82. The zero-order chi connectivity index (χ0) is 10.8. The number of rotatable bonds is 3. The van der Waals surface area contributed by atoms with Crippen molar-refractivity contribution in [3.05, 3.63) is 30.1 Å². The molecule has 0 spiro atoms. The Bertz CT molecular complexity index is 322. The molecule has 0 radical (unpaired) electrons. The van der Waals surface area contributed by atoms with Crippen LogP contribution in [-0.2, 0) is 0 Å². The van der Waals surface area contributed by atoms with Crippen LogP contribution in [0.4, 0.5) is 4.39 Å². The first kappa shape index (κ1) is 10.8. The largest absolute Gasteiger partial charge is 0.488 e. The summed E-state index contributed by atoms with van der Waals surface area (Å²) in [6, 6.07) is 6.13. The lowest BCUT2D eigenvalue weighted by Gasteiger charge is -2.41.